The molecule has 1 aromatic rings. The van der Waals surface area contributed by atoms with E-state index in [1.807, 2.05) is 11.0 Å². The number of fused-ring (bicyclic) bond motifs is 1. The predicted molar refractivity (Wildman–Crippen MR) is 81.1 cm³/mol. The summed E-state index contributed by atoms with van der Waals surface area (Å²) in [6.45, 7) is 2.81. The van der Waals surface area contributed by atoms with Gasteiger partial charge in [-0.2, -0.15) is 0 Å². The minimum absolute atomic E-state index is 0.0104. The van der Waals surface area contributed by atoms with Crippen molar-refractivity contribution in [1.29, 1.82) is 0 Å². The van der Waals surface area contributed by atoms with E-state index in [2.05, 4.69) is 4.98 Å². The van der Waals surface area contributed by atoms with Gasteiger partial charge < -0.3 is 23.8 Å². The van der Waals surface area contributed by atoms with Crippen molar-refractivity contribution in [3.63, 3.8) is 0 Å². The molecule has 0 aromatic carbocycles. The molecule has 7 nitrogen and oxygen atoms in total. The van der Waals surface area contributed by atoms with Gasteiger partial charge in [0, 0.05) is 25.4 Å². The number of rotatable bonds is 5. The number of aromatic nitrogens is 1. The van der Waals surface area contributed by atoms with Crippen LogP contribution in [0.5, 0.6) is 5.88 Å². The van der Waals surface area contributed by atoms with Gasteiger partial charge in [-0.25, -0.2) is 4.98 Å². The number of nitrogens with zero attached hydrogens (tertiary/aromatic N) is 2. The Bertz CT molecular complexity index is 520. The van der Waals surface area contributed by atoms with Gasteiger partial charge >= 0.3 is 0 Å². The Hall–Kier alpha value is -1.70. The fourth-order valence-corrected chi connectivity index (χ4v) is 2.92. The topological polar surface area (TPSA) is 70.1 Å². The molecule has 0 saturated carbocycles. The SMILES string of the molecule is COc1ccc(COCC(=O)N2CCOC3CCOCC32)cn1. The number of carbonyl (C=O) groups is 1. The Labute approximate surface area is 135 Å². The normalized spacial score (nSPS) is 24.1. The molecule has 2 aliphatic rings. The first-order valence-electron chi connectivity index (χ1n) is 7.83. The average Bonchev–Trinajstić information content (AvgIpc) is 2.61. The average molecular weight is 322 g/mol. The largest absolute Gasteiger partial charge is 0.481 e. The van der Waals surface area contributed by atoms with E-state index in [4.69, 9.17) is 18.9 Å². The Morgan fingerprint density at radius 2 is 2.35 bits per heavy atom. The van der Waals surface area contributed by atoms with Crippen LogP contribution in [0.1, 0.15) is 12.0 Å². The highest BCUT2D eigenvalue weighted by atomic mass is 16.5. The molecule has 0 spiro atoms. The third-order valence-electron chi connectivity index (χ3n) is 4.15. The van der Waals surface area contributed by atoms with Crippen LogP contribution in [-0.2, 0) is 25.6 Å². The molecule has 3 rings (SSSR count). The highest BCUT2D eigenvalue weighted by molar-refractivity contribution is 5.78. The third kappa shape index (κ3) is 3.99. The summed E-state index contributed by atoms with van der Waals surface area (Å²) in [7, 11) is 1.57. The predicted octanol–water partition coefficient (Wildman–Crippen LogP) is 0.623. The summed E-state index contributed by atoms with van der Waals surface area (Å²) in [4.78, 5) is 18.3. The number of amides is 1. The lowest BCUT2D eigenvalue weighted by Gasteiger charge is -2.43. The molecule has 1 amide bonds. The molecule has 2 fully saturated rings. The second-order valence-corrected chi connectivity index (χ2v) is 5.63. The van der Waals surface area contributed by atoms with E-state index in [0.717, 1.165) is 12.0 Å². The van der Waals surface area contributed by atoms with Crippen LogP contribution in [0.25, 0.3) is 0 Å². The van der Waals surface area contributed by atoms with Gasteiger partial charge in [0.2, 0.25) is 11.8 Å². The van der Waals surface area contributed by atoms with Crippen molar-refractivity contribution in [3.05, 3.63) is 23.9 Å². The van der Waals surface area contributed by atoms with Gasteiger partial charge in [-0.1, -0.05) is 0 Å². The Balaban J connectivity index is 1.48. The maximum absolute atomic E-state index is 12.4. The van der Waals surface area contributed by atoms with Crippen LogP contribution in [0, 0.1) is 0 Å². The van der Waals surface area contributed by atoms with Crippen LogP contribution in [0.2, 0.25) is 0 Å². The maximum atomic E-state index is 12.4. The van der Waals surface area contributed by atoms with Crippen molar-refractivity contribution < 1.29 is 23.7 Å². The number of pyridine rings is 1. The van der Waals surface area contributed by atoms with E-state index in [1.165, 1.54) is 0 Å². The summed E-state index contributed by atoms with van der Waals surface area (Å²) >= 11 is 0. The van der Waals surface area contributed by atoms with Crippen molar-refractivity contribution in [2.24, 2.45) is 0 Å². The lowest BCUT2D eigenvalue weighted by molar-refractivity contribution is -0.165. The van der Waals surface area contributed by atoms with Gasteiger partial charge in [0.15, 0.2) is 0 Å². The zero-order valence-corrected chi connectivity index (χ0v) is 13.3. The Kier molecular flexibility index (Phi) is 5.43. The first-order valence-corrected chi connectivity index (χ1v) is 7.83. The fourth-order valence-electron chi connectivity index (χ4n) is 2.92. The number of methoxy groups -OCH3 is 1. The first-order chi connectivity index (χ1) is 11.3. The molecule has 2 unspecified atom stereocenters. The lowest BCUT2D eigenvalue weighted by atomic mass is 10.0. The van der Waals surface area contributed by atoms with Crippen molar-refractivity contribution in [3.8, 4) is 5.88 Å². The van der Waals surface area contributed by atoms with Crippen LogP contribution in [0.15, 0.2) is 18.3 Å². The number of hydrogen-bond donors (Lipinski definition) is 0. The minimum atomic E-state index is -0.0183. The number of carbonyl (C=O) groups excluding carboxylic acids is 1. The van der Waals surface area contributed by atoms with Gasteiger partial charge in [0.1, 0.15) is 6.61 Å². The summed E-state index contributed by atoms with van der Waals surface area (Å²) in [6, 6.07) is 3.65. The molecule has 2 atom stereocenters. The van der Waals surface area contributed by atoms with Crippen molar-refractivity contribution in [2.45, 2.75) is 25.2 Å². The van der Waals surface area contributed by atoms with E-state index in [-0.39, 0.29) is 24.7 Å². The molecule has 0 N–H and O–H groups in total. The maximum Gasteiger partial charge on any atom is 0.249 e. The molecular formula is C16H22N2O5. The smallest absolute Gasteiger partial charge is 0.249 e. The fraction of sp³-hybridized carbons (Fsp3) is 0.625. The standard InChI is InChI=1S/C16H22N2O5/c1-20-15-3-2-12(8-17-15)9-22-11-16(19)18-5-7-23-14-4-6-21-10-13(14)18/h2-3,8,13-14H,4-7,9-11H2,1H3. The highest BCUT2D eigenvalue weighted by Crippen LogP contribution is 2.21. The molecule has 0 aliphatic carbocycles. The number of morpholine rings is 1. The molecular weight excluding hydrogens is 300 g/mol. The zero-order valence-electron chi connectivity index (χ0n) is 13.3. The van der Waals surface area contributed by atoms with Crippen LogP contribution in [-0.4, -0.2) is 68.0 Å². The first kappa shape index (κ1) is 16.2. The van der Waals surface area contributed by atoms with Crippen molar-refractivity contribution in [1.82, 2.24) is 9.88 Å². The monoisotopic (exact) mass is 322 g/mol. The van der Waals surface area contributed by atoms with Crippen LogP contribution >= 0.6 is 0 Å². The van der Waals surface area contributed by atoms with Gasteiger partial charge in [-0.15, -0.1) is 0 Å². The summed E-state index contributed by atoms with van der Waals surface area (Å²) in [6.07, 6.45) is 2.61. The van der Waals surface area contributed by atoms with Gasteiger partial charge in [0.05, 0.1) is 39.1 Å². The molecule has 1 aromatic heterocycles. The lowest BCUT2D eigenvalue weighted by Crippen LogP contribution is -2.58. The molecule has 3 heterocycles. The summed E-state index contributed by atoms with van der Waals surface area (Å²) in [5.74, 6) is 0.539. The quantitative estimate of drug-likeness (QED) is 0.792. The number of hydrogen-bond acceptors (Lipinski definition) is 6. The van der Waals surface area contributed by atoms with E-state index in [1.54, 1.807) is 19.4 Å². The van der Waals surface area contributed by atoms with Gasteiger partial charge in [-0.05, 0) is 18.1 Å². The van der Waals surface area contributed by atoms with Crippen LogP contribution < -0.4 is 4.74 Å². The van der Waals surface area contributed by atoms with E-state index >= 15 is 0 Å². The van der Waals surface area contributed by atoms with E-state index in [9.17, 15) is 4.79 Å². The molecule has 2 aliphatic heterocycles. The second kappa shape index (κ2) is 7.72. The summed E-state index contributed by atoms with van der Waals surface area (Å²) < 4.78 is 21.7. The Morgan fingerprint density at radius 3 is 3.13 bits per heavy atom. The van der Waals surface area contributed by atoms with Crippen LogP contribution in [0.4, 0.5) is 0 Å². The molecule has 0 radical (unpaired) electrons. The van der Waals surface area contributed by atoms with Gasteiger partial charge in [0.25, 0.3) is 0 Å². The third-order valence-corrected chi connectivity index (χ3v) is 4.15. The minimum Gasteiger partial charge on any atom is -0.481 e. The summed E-state index contributed by atoms with van der Waals surface area (Å²) in [5, 5.41) is 0. The molecule has 126 valence electrons. The molecule has 23 heavy (non-hydrogen) atoms. The van der Waals surface area contributed by atoms with Crippen LogP contribution in [0.3, 0.4) is 0 Å². The number of ether oxygens (including phenoxy) is 4. The second-order valence-electron chi connectivity index (χ2n) is 5.63. The molecule has 2 saturated heterocycles. The highest BCUT2D eigenvalue weighted by Gasteiger charge is 2.37. The van der Waals surface area contributed by atoms with Gasteiger partial charge in [-0.3, -0.25) is 4.79 Å². The molecule has 0 bridgehead atoms. The van der Waals surface area contributed by atoms with E-state index < -0.39 is 0 Å². The van der Waals surface area contributed by atoms with E-state index in [0.29, 0.717) is 38.9 Å². The zero-order chi connectivity index (χ0) is 16.1. The summed E-state index contributed by atoms with van der Waals surface area (Å²) in [5.41, 5.74) is 0.902. The Morgan fingerprint density at radius 1 is 1.43 bits per heavy atom. The molecule has 7 heteroatoms. The van der Waals surface area contributed by atoms with Crippen molar-refractivity contribution >= 4 is 5.91 Å². The van der Waals surface area contributed by atoms with Crippen molar-refractivity contribution in [2.75, 3.05) is 40.1 Å².